The van der Waals surface area contributed by atoms with Gasteiger partial charge in [0.25, 0.3) is 0 Å². The third kappa shape index (κ3) is 3.81. The Balaban J connectivity index is 1.81. The average Bonchev–Trinajstić information content (AvgIpc) is 2.35. The fourth-order valence-electron chi connectivity index (χ4n) is 1.80. The lowest BCUT2D eigenvalue weighted by atomic mass is 10.0. The lowest BCUT2D eigenvalue weighted by molar-refractivity contribution is -0.126. The number of hydrogen-bond acceptors (Lipinski definition) is 3. The van der Waals surface area contributed by atoms with Crippen molar-refractivity contribution in [3.05, 3.63) is 29.8 Å². The van der Waals surface area contributed by atoms with E-state index in [1.807, 2.05) is 38.1 Å². The van der Waals surface area contributed by atoms with Gasteiger partial charge in [-0.1, -0.05) is 26.0 Å². The first kappa shape index (κ1) is 14.5. The average molecular weight is 275 g/mol. The van der Waals surface area contributed by atoms with Gasteiger partial charge in [-0.15, -0.1) is 0 Å². The predicted octanol–water partition coefficient (Wildman–Crippen LogP) is 1.12. The van der Waals surface area contributed by atoms with Gasteiger partial charge in [0, 0.05) is 31.2 Å². The van der Waals surface area contributed by atoms with Gasteiger partial charge in [0.2, 0.25) is 11.8 Å². The third-order valence-corrected chi connectivity index (χ3v) is 3.36. The molecule has 0 atom stereocenters. The van der Waals surface area contributed by atoms with Crippen molar-refractivity contribution in [2.24, 2.45) is 11.8 Å². The molecule has 108 valence electrons. The second-order valence-corrected chi connectivity index (χ2v) is 5.41. The summed E-state index contributed by atoms with van der Waals surface area (Å²) in [6.45, 7) is 5.77. The van der Waals surface area contributed by atoms with Gasteiger partial charge in [-0.25, -0.2) is 0 Å². The van der Waals surface area contributed by atoms with Crippen LogP contribution >= 0.6 is 0 Å². The molecule has 1 saturated heterocycles. The summed E-state index contributed by atoms with van der Waals surface area (Å²) in [5, 5.41) is 8.82. The maximum absolute atomic E-state index is 11.7. The summed E-state index contributed by atoms with van der Waals surface area (Å²) in [5.74, 6) is 0.175. The highest BCUT2D eigenvalue weighted by atomic mass is 16.2. The van der Waals surface area contributed by atoms with Gasteiger partial charge in [-0.05, 0) is 17.7 Å². The highest BCUT2D eigenvalue weighted by Crippen LogP contribution is 2.11. The van der Waals surface area contributed by atoms with E-state index in [0.29, 0.717) is 6.54 Å². The number of carbonyl (C=O) groups excluding carboxylic acids is 2. The number of amides is 2. The SMILES string of the molecule is CC(C)C(=O)Nc1ccc(CNC(=O)C2CNC2)cc1. The minimum absolute atomic E-state index is 0.00327. The van der Waals surface area contributed by atoms with E-state index in [9.17, 15) is 9.59 Å². The van der Waals surface area contributed by atoms with Crippen molar-refractivity contribution < 1.29 is 9.59 Å². The summed E-state index contributed by atoms with van der Waals surface area (Å²) in [6, 6.07) is 7.53. The van der Waals surface area contributed by atoms with E-state index >= 15 is 0 Å². The summed E-state index contributed by atoms with van der Waals surface area (Å²) in [5.41, 5.74) is 1.80. The molecule has 1 aliphatic heterocycles. The lowest BCUT2D eigenvalue weighted by Crippen LogP contribution is -2.50. The third-order valence-electron chi connectivity index (χ3n) is 3.36. The summed E-state index contributed by atoms with van der Waals surface area (Å²) in [4.78, 5) is 23.2. The Bertz CT molecular complexity index is 478. The topological polar surface area (TPSA) is 70.2 Å². The van der Waals surface area contributed by atoms with Crippen LogP contribution in [-0.2, 0) is 16.1 Å². The van der Waals surface area contributed by atoms with Crippen LogP contribution in [0.25, 0.3) is 0 Å². The van der Waals surface area contributed by atoms with Gasteiger partial charge in [0.15, 0.2) is 0 Å². The molecule has 1 aromatic carbocycles. The summed E-state index contributed by atoms with van der Waals surface area (Å²) in [6.07, 6.45) is 0. The molecular formula is C15H21N3O2. The standard InChI is InChI=1S/C15H21N3O2/c1-10(2)14(19)18-13-5-3-11(4-6-13)7-17-15(20)12-8-16-9-12/h3-6,10,12,16H,7-9H2,1-2H3,(H,17,20)(H,18,19). The molecule has 5 heteroatoms. The molecule has 0 radical (unpaired) electrons. The zero-order valence-electron chi connectivity index (χ0n) is 11.9. The second-order valence-electron chi connectivity index (χ2n) is 5.41. The van der Waals surface area contributed by atoms with Gasteiger partial charge >= 0.3 is 0 Å². The Labute approximate surface area is 119 Å². The van der Waals surface area contributed by atoms with Crippen molar-refractivity contribution in [2.75, 3.05) is 18.4 Å². The fourth-order valence-corrected chi connectivity index (χ4v) is 1.80. The molecule has 2 amide bonds. The summed E-state index contributed by atoms with van der Waals surface area (Å²) >= 11 is 0. The van der Waals surface area contributed by atoms with Crippen LogP contribution < -0.4 is 16.0 Å². The van der Waals surface area contributed by atoms with Crippen molar-refractivity contribution in [1.82, 2.24) is 10.6 Å². The molecule has 5 nitrogen and oxygen atoms in total. The number of hydrogen-bond donors (Lipinski definition) is 3. The molecule has 0 spiro atoms. The van der Waals surface area contributed by atoms with Crippen LogP contribution in [0.2, 0.25) is 0 Å². The van der Waals surface area contributed by atoms with E-state index in [2.05, 4.69) is 16.0 Å². The predicted molar refractivity (Wildman–Crippen MR) is 78.1 cm³/mol. The van der Waals surface area contributed by atoms with Crippen molar-refractivity contribution in [1.29, 1.82) is 0 Å². The lowest BCUT2D eigenvalue weighted by Gasteiger charge is -2.25. The number of benzene rings is 1. The van der Waals surface area contributed by atoms with Crippen molar-refractivity contribution in [3.63, 3.8) is 0 Å². The number of rotatable bonds is 5. The molecule has 0 saturated carbocycles. The number of nitrogens with one attached hydrogen (secondary N) is 3. The van der Waals surface area contributed by atoms with Gasteiger partial charge in [0.05, 0.1) is 5.92 Å². The first-order valence-corrected chi connectivity index (χ1v) is 6.94. The van der Waals surface area contributed by atoms with Crippen molar-refractivity contribution in [3.8, 4) is 0 Å². The Morgan fingerprint density at radius 1 is 1.25 bits per heavy atom. The van der Waals surface area contributed by atoms with Crippen LogP contribution in [0.5, 0.6) is 0 Å². The minimum Gasteiger partial charge on any atom is -0.352 e. The monoisotopic (exact) mass is 275 g/mol. The van der Waals surface area contributed by atoms with E-state index in [1.165, 1.54) is 0 Å². The zero-order chi connectivity index (χ0) is 14.5. The minimum atomic E-state index is -0.0370. The van der Waals surface area contributed by atoms with Crippen LogP contribution in [0.15, 0.2) is 24.3 Å². The van der Waals surface area contributed by atoms with Crippen LogP contribution in [0, 0.1) is 11.8 Å². The molecule has 0 unspecified atom stereocenters. The summed E-state index contributed by atoms with van der Waals surface area (Å²) < 4.78 is 0. The summed E-state index contributed by atoms with van der Waals surface area (Å²) in [7, 11) is 0. The van der Waals surface area contributed by atoms with E-state index in [-0.39, 0.29) is 23.7 Å². The molecule has 3 N–H and O–H groups in total. The Hall–Kier alpha value is -1.88. The van der Waals surface area contributed by atoms with E-state index in [4.69, 9.17) is 0 Å². The molecule has 20 heavy (non-hydrogen) atoms. The fraction of sp³-hybridized carbons (Fsp3) is 0.467. The first-order chi connectivity index (χ1) is 9.56. The maximum Gasteiger partial charge on any atom is 0.226 e. The molecule has 2 rings (SSSR count). The van der Waals surface area contributed by atoms with Crippen LogP contribution in [0.4, 0.5) is 5.69 Å². The molecule has 1 aliphatic rings. The quantitative estimate of drug-likeness (QED) is 0.754. The Kier molecular flexibility index (Phi) is 4.74. The largest absolute Gasteiger partial charge is 0.352 e. The molecule has 0 aliphatic carbocycles. The molecule has 1 fully saturated rings. The van der Waals surface area contributed by atoms with Crippen LogP contribution in [-0.4, -0.2) is 24.9 Å². The Morgan fingerprint density at radius 2 is 1.90 bits per heavy atom. The Morgan fingerprint density at radius 3 is 2.40 bits per heavy atom. The molecule has 1 aromatic rings. The van der Waals surface area contributed by atoms with E-state index in [1.54, 1.807) is 0 Å². The second kappa shape index (κ2) is 6.52. The van der Waals surface area contributed by atoms with E-state index < -0.39 is 0 Å². The zero-order valence-corrected chi connectivity index (χ0v) is 11.9. The van der Waals surface area contributed by atoms with Gasteiger partial charge in [-0.3, -0.25) is 9.59 Å². The highest BCUT2D eigenvalue weighted by Gasteiger charge is 2.24. The van der Waals surface area contributed by atoms with Crippen LogP contribution in [0.1, 0.15) is 19.4 Å². The highest BCUT2D eigenvalue weighted by molar-refractivity contribution is 5.92. The van der Waals surface area contributed by atoms with E-state index in [0.717, 1.165) is 24.3 Å². The number of anilines is 1. The van der Waals surface area contributed by atoms with Crippen molar-refractivity contribution >= 4 is 17.5 Å². The smallest absolute Gasteiger partial charge is 0.226 e. The molecule has 1 heterocycles. The maximum atomic E-state index is 11.7. The van der Waals surface area contributed by atoms with Crippen LogP contribution in [0.3, 0.4) is 0 Å². The van der Waals surface area contributed by atoms with Crippen molar-refractivity contribution in [2.45, 2.75) is 20.4 Å². The van der Waals surface area contributed by atoms with Gasteiger partial charge in [-0.2, -0.15) is 0 Å². The molecular weight excluding hydrogens is 254 g/mol. The normalized spacial score (nSPS) is 14.8. The van der Waals surface area contributed by atoms with Gasteiger partial charge in [0.1, 0.15) is 0 Å². The number of carbonyl (C=O) groups is 2. The first-order valence-electron chi connectivity index (χ1n) is 6.94. The molecule has 0 bridgehead atoms. The van der Waals surface area contributed by atoms with Gasteiger partial charge < -0.3 is 16.0 Å². The molecule has 0 aromatic heterocycles.